The second-order valence-corrected chi connectivity index (χ2v) is 4.25. The van der Waals surface area contributed by atoms with Gasteiger partial charge in [-0.05, 0) is 17.7 Å². The Morgan fingerprint density at radius 1 is 0.950 bits per heavy atom. The molecule has 2 rings (SSSR count). The van der Waals surface area contributed by atoms with Crippen molar-refractivity contribution in [2.75, 3.05) is 7.11 Å². The van der Waals surface area contributed by atoms with E-state index in [0.29, 0.717) is 16.7 Å². The maximum atomic E-state index is 12.1. The first-order valence-electron chi connectivity index (χ1n) is 6.09. The predicted molar refractivity (Wildman–Crippen MR) is 73.5 cm³/mol. The summed E-state index contributed by atoms with van der Waals surface area (Å²) in [5, 5.41) is 10.1. The van der Waals surface area contributed by atoms with Gasteiger partial charge in [-0.25, -0.2) is 4.79 Å². The molecule has 0 amide bonds. The standard InChI is InChI=1S/C16H14O4/c1-20-16(19)13-9-7-12(8-10-13)15(18)14(17)11-5-3-2-4-6-11/h2-10,15,18H,1H3. The highest BCUT2D eigenvalue weighted by molar-refractivity contribution is 6.00. The number of esters is 1. The van der Waals surface area contributed by atoms with Gasteiger partial charge < -0.3 is 9.84 Å². The molecule has 1 unspecified atom stereocenters. The first kappa shape index (κ1) is 14.0. The number of benzene rings is 2. The van der Waals surface area contributed by atoms with Gasteiger partial charge in [0.2, 0.25) is 0 Å². The molecule has 1 N–H and O–H groups in total. The topological polar surface area (TPSA) is 63.6 Å². The van der Waals surface area contributed by atoms with E-state index in [0.717, 1.165) is 0 Å². The lowest BCUT2D eigenvalue weighted by molar-refractivity contribution is 0.0600. The SMILES string of the molecule is COC(=O)c1ccc(C(O)C(=O)c2ccccc2)cc1. The summed E-state index contributed by atoms with van der Waals surface area (Å²) in [6.07, 6.45) is -1.25. The normalized spacial score (nSPS) is 11.7. The Labute approximate surface area is 116 Å². The Morgan fingerprint density at radius 3 is 2.10 bits per heavy atom. The van der Waals surface area contributed by atoms with Crippen LogP contribution >= 0.6 is 0 Å². The van der Waals surface area contributed by atoms with Crippen LogP contribution in [0.15, 0.2) is 54.6 Å². The highest BCUT2D eigenvalue weighted by Gasteiger charge is 2.19. The summed E-state index contributed by atoms with van der Waals surface area (Å²) in [4.78, 5) is 23.4. The van der Waals surface area contributed by atoms with Gasteiger partial charge in [0.1, 0.15) is 6.10 Å². The van der Waals surface area contributed by atoms with Gasteiger partial charge in [-0.15, -0.1) is 0 Å². The van der Waals surface area contributed by atoms with Crippen molar-refractivity contribution < 1.29 is 19.4 Å². The van der Waals surface area contributed by atoms with Crippen LogP contribution < -0.4 is 0 Å². The van der Waals surface area contributed by atoms with Crippen LogP contribution in [-0.2, 0) is 4.74 Å². The zero-order valence-corrected chi connectivity index (χ0v) is 10.9. The summed E-state index contributed by atoms with van der Waals surface area (Å²) in [5.74, 6) is -0.836. The van der Waals surface area contributed by atoms with Crippen molar-refractivity contribution in [1.82, 2.24) is 0 Å². The maximum absolute atomic E-state index is 12.1. The molecule has 0 saturated heterocycles. The largest absolute Gasteiger partial charge is 0.465 e. The van der Waals surface area contributed by atoms with Crippen molar-refractivity contribution in [1.29, 1.82) is 0 Å². The van der Waals surface area contributed by atoms with Gasteiger partial charge in [-0.3, -0.25) is 4.79 Å². The van der Waals surface area contributed by atoms with Gasteiger partial charge in [-0.2, -0.15) is 0 Å². The summed E-state index contributed by atoms with van der Waals surface area (Å²) < 4.78 is 4.59. The smallest absolute Gasteiger partial charge is 0.337 e. The molecule has 0 saturated carbocycles. The van der Waals surface area contributed by atoms with Crippen molar-refractivity contribution in [3.63, 3.8) is 0 Å². The van der Waals surface area contributed by atoms with Crippen LogP contribution in [0.1, 0.15) is 32.4 Å². The van der Waals surface area contributed by atoms with Crippen molar-refractivity contribution in [3.8, 4) is 0 Å². The number of methoxy groups -OCH3 is 1. The van der Waals surface area contributed by atoms with Crippen LogP contribution in [0.2, 0.25) is 0 Å². The number of hydrogen-bond acceptors (Lipinski definition) is 4. The lowest BCUT2D eigenvalue weighted by atomic mass is 9.99. The van der Waals surface area contributed by atoms with Gasteiger partial charge in [-0.1, -0.05) is 42.5 Å². The Bertz CT molecular complexity index is 602. The van der Waals surface area contributed by atoms with E-state index in [1.165, 1.54) is 31.4 Å². The molecule has 1 atom stereocenters. The van der Waals surface area contributed by atoms with E-state index >= 15 is 0 Å². The van der Waals surface area contributed by atoms with Crippen LogP contribution in [0.5, 0.6) is 0 Å². The van der Waals surface area contributed by atoms with Crippen molar-refractivity contribution in [3.05, 3.63) is 71.3 Å². The van der Waals surface area contributed by atoms with Crippen LogP contribution in [0, 0.1) is 0 Å². The minimum absolute atomic E-state index is 0.371. The summed E-state index contributed by atoms with van der Waals surface area (Å²) in [7, 11) is 1.30. The summed E-state index contributed by atoms with van der Waals surface area (Å²) in [6.45, 7) is 0. The number of Topliss-reactive ketones (excluding diaryl/α,β-unsaturated/α-hetero) is 1. The van der Waals surface area contributed by atoms with Gasteiger partial charge in [0.05, 0.1) is 12.7 Å². The lowest BCUT2D eigenvalue weighted by Crippen LogP contribution is -2.12. The third kappa shape index (κ3) is 2.92. The molecular weight excluding hydrogens is 256 g/mol. The molecule has 2 aromatic carbocycles. The monoisotopic (exact) mass is 270 g/mol. The zero-order chi connectivity index (χ0) is 14.5. The fourth-order valence-electron chi connectivity index (χ4n) is 1.83. The minimum Gasteiger partial charge on any atom is -0.465 e. The Hall–Kier alpha value is -2.46. The van der Waals surface area contributed by atoms with E-state index in [4.69, 9.17) is 0 Å². The number of carbonyl (C=O) groups excluding carboxylic acids is 2. The van der Waals surface area contributed by atoms with Gasteiger partial charge in [0.15, 0.2) is 5.78 Å². The molecule has 0 aliphatic heterocycles. The molecular formula is C16H14O4. The molecule has 2 aromatic rings. The molecule has 0 fully saturated rings. The molecule has 20 heavy (non-hydrogen) atoms. The Kier molecular flexibility index (Phi) is 4.27. The van der Waals surface area contributed by atoms with Crippen LogP contribution in [-0.4, -0.2) is 24.0 Å². The molecule has 0 aliphatic rings. The van der Waals surface area contributed by atoms with E-state index < -0.39 is 12.1 Å². The lowest BCUT2D eigenvalue weighted by Gasteiger charge is -2.10. The molecule has 0 spiro atoms. The molecule has 0 aliphatic carbocycles. The molecule has 0 heterocycles. The average molecular weight is 270 g/mol. The van der Waals surface area contributed by atoms with Crippen LogP contribution in [0.3, 0.4) is 0 Å². The molecule has 4 nitrogen and oxygen atoms in total. The first-order valence-corrected chi connectivity index (χ1v) is 6.09. The summed E-state index contributed by atoms with van der Waals surface area (Å²) >= 11 is 0. The predicted octanol–water partition coefficient (Wildman–Crippen LogP) is 2.39. The Balaban J connectivity index is 2.19. The average Bonchev–Trinajstić information content (AvgIpc) is 2.53. The number of hydrogen-bond donors (Lipinski definition) is 1. The fourth-order valence-corrected chi connectivity index (χ4v) is 1.83. The first-order chi connectivity index (χ1) is 9.63. The number of aliphatic hydroxyl groups excluding tert-OH is 1. The third-order valence-electron chi connectivity index (χ3n) is 2.95. The van der Waals surface area contributed by atoms with E-state index in [9.17, 15) is 14.7 Å². The van der Waals surface area contributed by atoms with E-state index in [1.54, 1.807) is 30.3 Å². The van der Waals surface area contributed by atoms with Gasteiger partial charge in [0, 0.05) is 5.56 Å². The number of ketones is 1. The fraction of sp³-hybridized carbons (Fsp3) is 0.125. The van der Waals surface area contributed by atoms with E-state index in [2.05, 4.69) is 4.74 Å². The van der Waals surface area contributed by atoms with Crippen LogP contribution in [0.25, 0.3) is 0 Å². The highest BCUT2D eigenvalue weighted by atomic mass is 16.5. The molecule has 0 bridgehead atoms. The second kappa shape index (κ2) is 6.12. The van der Waals surface area contributed by atoms with Gasteiger partial charge in [0.25, 0.3) is 0 Å². The third-order valence-corrected chi connectivity index (χ3v) is 2.95. The Morgan fingerprint density at radius 2 is 1.55 bits per heavy atom. The molecule has 0 radical (unpaired) electrons. The summed E-state index contributed by atoms with van der Waals surface area (Å²) in [6, 6.07) is 14.7. The molecule has 4 heteroatoms. The van der Waals surface area contributed by atoms with Crippen molar-refractivity contribution in [2.24, 2.45) is 0 Å². The molecule has 0 aromatic heterocycles. The number of aliphatic hydroxyl groups is 1. The zero-order valence-electron chi connectivity index (χ0n) is 10.9. The van der Waals surface area contributed by atoms with Crippen molar-refractivity contribution in [2.45, 2.75) is 6.10 Å². The molecule has 102 valence electrons. The van der Waals surface area contributed by atoms with Gasteiger partial charge >= 0.3 is 5.97 Å². The highest BCUT2D eigenvalue weighted by Crippen LogP contribution is 2.19. The minimum atomic E-state index is -1.25. The van der Waals surface area contributed by atoms with Crippen LogP contribution in [0.4, 0.5) is 0 Å². The number of ether oxygens (including phenoxy) is 1. The van der Waals surface area contributed by atoms with E-state index in [-0.39, 0.29) is 5.78 Å². The maximum Gasteiger partial charge on any atom is 0.337 e. The second-order valence-electron chi connectivity index (χ2n) is 4.25. The number of rotatable bonds is 4. The quantitative estimate of drug-likeness (QED) is 0.684. The van der Waals surface area contributed by atoms with Crippen molar-refractivity contribution >= 4 is 11.8 Å². The summed E-state index contributed by atoms with van der Waals surface area (Å²) in [5.41, 5.74) is 1.25. The number of carbonyl (C=O) groups is 2. The van der Waals surface area contributed by atoms with E-state index in [1.807, 2.05) is 0 Å².